The first-order chi connectivity index (χ1) is 13.7. The smallest absolute Gasteiger partial charge is 0.203 e. The van der Waals surface area contributed by atoms with E-state index in [1.54, 1.807) is 0 Å². The third kappa shape index (κ3) is 2.47. The van der Waals surface area contributed by atoms with E-state index in [2.05, 4.69) is 69.9 Å². The summed E-state index contributed by atoms with van der Waals surface area (Å²) < 4.78 is 5.30. The maximum atomic E-state index is 6.09. The molecule has 0 aliphatic heterocycles. The topological polar surface area (TPSA) is 22.8 Å². The van der Waals surface area contributed by atoms with Gasteiger partial charge in [0.1, 0.15) is 0 Å². The first-order valence-electron chi connectivity index (χ1n) is 10.6. The summed E-state index contributed by atoms with van der Waals surface area (Å²) in [6.07, 6.45) is 8.06. The second-order valence-corrected chi connectivity index (χ2v) is 9.56. The normalized spacial score (nSPS) is 30.6. The lowest BCUT2D eigenvalue weighted by Gasteiger charge is -2.56. The Balaban J connectivity index is 1.57. The van der Waals surface area contributed by atoms with Crippen LogP contribution in [0.2, 0.25) is 0 Å². The second kappa shape index (κ2) is 6.15. The summed E-state index contributed by atoms with van der Waals surface area (Å²) in [5, 5.41) is 5.22. The van der Waals surface area contributed by atoms with Crippen molar-refractivity contribution in [2.24, 2.45) is 17.8 Å². The van der Waals surface area contributed by atoms with Gasteiger partial charge in [-0.1, -0.05) is 48.5 Å². The van der Waals surface area contributed by atoms with Gasteiger partial charge in [0, 0.05) is 11.3 Å². The van der Waals surface area contributed by atoms with Crippen molar-refractivity contribution in [2.45, 2.75) is 44.1 Å². The number of para-hydroxylation sites is 1. The van der Waals surface area contributed by atoms with Crippen molar-refractivity contribution in [3.63, 3.8) is 0 Å². The maximum Gasteiger partial charge on any atom is 0.203 e. The highest BCUT2D eigenvalue weighted by molar-refractivity contribution is 7.71. The Morgan fingerprint density at radius 3 is 1.89 bits per heavy atom. The summed E-state index contributed by atoms with van der Waals surface area (Å²) in [5.41, 5.74) is 2.36. The highest BCUT2D eigenvalue weighted by Gasteiger charge is 2.53. The van der Waals surface area contributed by atoms with E-state index in [9.17, 15) is 0 Å². The van der Waals surface area contributed by atoms with Crippen LogP contribution in [0.25, 0.3) is 17.1 Å². The van der Waals surface area contributed by atoms with Crippen LogP contribution < -0.4 is 0 Å². The van der Waals surface area contributed by atoms with Crippen molar-refractivity contribution >= 4 is 12.2 Å². The molecule has 142 valence electrons. The minimum absolute atomic E-state index is 0.134. The molecule has 3 aromatic rings. The molecule has 0 N–H and O–H groups in total. The first-order valence-corrected chi connectivity index (χ1v) is 11.0. The van der Waals surface area contributed by atoms with Crippen LogP contribution in [0.3, 0.4) is 0 Å². The van der Waals surface area contributed by atoms with Gasteiger partial charge in [-0.05, 0) is 80.6 Å². The van der Waals surface area contributed by atoms with Gasteiger partial charge >= 0.3 is 0 Å². The van der Waals surface area contributed by atoms with E-state index >= 15 is 0 Å². The molecule has 0 atom stereocenters. The molecule has 28 heavy (non-hydrogen) atoms. The van der Waals surface area contributed by atoms with Crippen LogP contribution in [0.5, 0.6) is 0 Å². The van der Waals surface area contributed by atoms with Crippen molar-refractivity contribution in [3.8, 4) is 17.1 Å². The standard InChI is InChI=1S/C24H25N3S/c28-23-26(21-9-5-2-6-10-21)22(20-7-3-1-4-8-20)25-27(23)24-14-17-11-18(15-24)13-19(12-17)16-24/h1-10,17-19H,11-16H2. The van der Waals surface area contributed by atoms with Gasteiger partial charge in [-0.15, -0.1) is 0 Å². The Bertz CT molecular complexity index is 1030. The fourth-order valence-corrected chi connectivity index (χ4v) is 7.01. The van der Waals surface area contributed by atoms with E-state index in [0.717, 1.165) is 39.6 Å². The fourth-order valence-electron chi connectivity index (χ4n) is 6.58. The number of nitrogens with zero attached hydrogens (tertiary/aromatic N) is 3. The molecule has 4 heteroatoms. The van der Waals surface area contributed by atoms with Gasteiger partial charge in [0.15, 0.2) is 5.82 Å². The average Bonchev–Trinajstić information content (AvgIpc) is 3.06. The second-order valence-electron chi connectivity index (χ2n) is 9.20. The third-order valence-corrected chi connectivity index (χ3v) is 7.64. The zero-order valence-electron chi connectivity index (χ0n) is 16.0. The van der Waals surface area contributed by atoms with Crippen LogP contribution in [-0.2, 0) is 5.54 Å². The van der Waals surface area contributed by atoms with E-state index in [1.807, 2.05) is 0 Å². The van der Waals surface area contributed by atoms with Crippen LogP contribution in [0.1, 0.15) is 38.5 Å². The van der Waals surface area contributed by atoms with Crippen LogP contribution in [0.15, 0.2) is 60.7 Å². The van der Waals surface area contributed by atoms with Crippen molar-refractivity contribution < 1.29 is 0 Å². The molecule has 4 fully saturated rings. The highest BCUT2D eigenvalue weighted by atomic mass is 32.1. The van der Waals surface area contributed by atoms with Gasteiger partial charge in [-0.3, -0.25) is 4.57 Å². The molecular weight excluding hydrogens is 362 g/mol. The monoisotopic (exact) mass is 387 g/mol. The molecule has 3 nitrogen and oxygen atoms in total. The Kier molecular flexibility index (Phi) is 3.67. The van der Waals surface area contributed by atoms with Crippen molar-refractivity contribution in [2.75, 3.05) is 0 Å². The molecule has 4 aliphatic carbocycles. The maximum absolute atomic E-state index is 6.09. The molecule has 4 bridgehead atoms. The zero-order chi connectivity index (χ0) is 18.7. The number of rotatable bonds is 3. The predicted molar refractivity (Wildman–Crippen MR) is 114 cm³/mol. The number of hydrogen-bond donors (Lipinski definition) is 0. The molecule has 0 spiro atoms. The van der Waals surface area contributed by atoms with Crippen molar-refractivity contribution in [1.29, 1.82) is 0 Å². The minimum Gasteiger partial charge on any atom is -0.268 e. The van der Waals surface area contributed by atoms with Crippen LogP contribution >= 0.6 is 12.2 Å². The van der Waals surface area contributed by atoms with Gasteiger partial charge < -0.3 is 0 Å². The fraction of sp³-hybridized carbons (Fsp3) is 0.417. The Morgan fingerprint density at radius 2 is 1.32 bits per heavy atom. The Labute approximate surface area is 171 Å². The van der Waals surface area contributed by atoms with Crippen LogP contribution in [0.4, 0.5) is 0 Å². The van der Waals surface area contributed by atoms with Crippen molar-refractivity contribution in [3.05, 3.63) is 65.4 Å². The van der Waals surface area contributed by atoms with Gasteiger partial charge in [-0.2, -0.15) is 5.10 Å². The van der Waals surface area contributed by atoms with Gasteiger partial charge in [0.05, 0.1) is 5.54 Å². The molecule has 7 rings (SSSR count). The van der Waals surface area contributed by atoms with Gasteiger partial charge in [0.2, 0.25) is 4.77 Å². The molecular formula is C24H25N3S. The molecule has 0 amide bonds. The molecule has 0 saturated heterocycles. The summed E-state index contributed by atoms with van der Waals surface area (Å²) in [5.74, 6) is 3.58. The summed E-state index contributed by atoms with van der Waals surface area (Å²) in [7, 11) is 0. The molecule has 4 aliphatic rings. The van der Waals surface area contributed by atoms with E-state index in [4.69, 9.17) is 17.3 Å². The summed E-state index contributed by atoms with van der Waals surface area (Å²) in [4.78, 5) is 0. The largest absolute Gasteiger partial charge is 0.268 e. The Hall–Kier alpha value is -2.20. The number of aromatic nitrogens is 3. The molecule has 1 heterocycles. The quantitative estimate of drug-likeness (QED) is 0.515. The Morgan fingerprint density at radius 1 is 0.786 bits per heavy atom. The average molecular weight is 388 g/mol. The lowest BCUT2D eigenvalue weighted by Crippen LogP contribution is -2.52. The van der Waals surface area contributed by atoms with E-state index in [1.165, 1.54) is 38.5 Å². The van der Waals surface area contributed by atoms with Gasteiger partial charge in [-0.25, -0.2) is 4.68 Å². The predicted octanol–water partition coefficient (Wildman–Crippen LogP) is 6.00. The molecule has 4 saturated carbocycles. The third-order valence-electron chi connectivity index (χ3n) is 7.28. The first kappa shape index (κ1) is 16.7. The lowest BCUT2D eigenvalue weighted by molar-refractivity contribution is -0.0503. The van der Waals surface area contributed by atoms with E-state index < -0.39 is 0 Å². The minimum atomic E-state index is 0.134. The lowest BCUT2D eigenvalue weighted by atomic mass is 9.53. The number of benzene rings is 2. The highest BCUT2D eigenvalue weighted by Crippen LogP contribution is 2.58. The summed E-state index contributed by atoms with van der Waals surface area (Å²) in [6.45, 7) is 0. The molecule has 1 aromatic heterocycles. The zero-order valence-corrected chi connectivity index (χ0v) is 16.8. The summed E-state index contributed by atoms with van der Waals surface area (Å²) >= 11 is 6.09. The summed E-state index contributed by atoms with van der Waals surface area (Å²) in [6, 6.07) is 21.0. The van der Waals surface area contributed by atoms with Crippen LogP contribution in [-0.4, -0.2) is 14.3 Å². The van der Waals surface area contributed by atoms with E-state index in [-0.39, 0.29) is 5.54 Å². The van der Waals surface area contributed by atoms with E-state index in [0.29, 0.717) is 0 Å². The molecule has 0 radical (unpaired) electrons. The number of hydrogen-bond acceptors (Lipinski definition) is 2. The molecule has 0 unspecified atom stereocenters. The molecule has 2 aromatic carbocycles. The van der Waals surface area contributed by atoms with Crippen molar-refractivity contribution in [1.82, 2.24) is 14.3 Å². The SMILES string of the molecule is S=c1n(C23CC4CC(CC(C4)C2)C3)nc(-c2ccccc2)n1-c1ccccc1. The van der Waals surface area contributed by atoms with Crippen LogP contribution in [0, 0.1) is 22.5 Å². The van der Waals surface area contributed by atoms with Gasteiger partial charge in [0.25, 0.3) is 0 Å².